The lowest BCUT2D eigenvalue weighted by molar-refractivity contribution is -0.130. The van der Waals surface area contributed by atoms with Gasteiger partial charge in [0.25, 0.3) is 0 Å². The maximum absolute atomic E-state index is 12.4. The minimum Gasteiger partial charge on any atom is -0.348 e. The summed E-state index contributed by atoms with van der Waals surface area (Å²) in [7, 11) is 3.57. The Morgan fingerprint density at radius 2 is 1.86 bits per heavy atom. The third kappa shape index (κ3) is 5.42. The highest BCUT2D eigenvalue weighted by molar-refractivity contribution is 5.90. The highest BCUT2D eigenvalue weighted by atomic mass is 16.2. The van der Waals surface area contributed by atoms with E-state index in [-0.39, 0.29) is 17.9 Å². The molecule has 0 saturated carbocycles. The van der Waals surface area contributed by atoms with Crippen molar-refractivity contribution >= 4 is 17.6 Å². The van der Waals surface area contributed by atoms with E-state index in [1.54, 1.807) is 25.2 Å². The van der Waals surface area contributed by atoms with Gasteiger partial charge in [-0.3, -0.25) is 14.5 Å². The zero-order valence-electron chi connectivity index (χ0n) is 16.7. The van der Waals surface area contributed by atoms with Crippen molar-refractivity contribution in [3.63, 3.8) is 0 Å². The molecule has 0 bridgehead atoms. The zero-order chi connectivity index (χ0) is 19.9. The number of nitrogens with one attached hydrogen (secondary N) is 1. The minimum absolute atomic E-state index is 0.000353. The summed E-state index contributed by atoms with van der Waals surface area (Å²) in [6, 6.07) is 12.1. The predicted molar refractivity (Wildman–Crippen MR) is 109 cm³/mol. The molecule has 1 aromatic heterocycles. The van der Waals surface area contributed by atoms with E-state index in [1.807, 2.05) is 41.1 Å². The summed E-state index contributed by atoms with van der Waals surface area (Å²) in [6.07, 6.45) is 4.72. The topological polar surface area (TPSA) is 70.5 Å². The van der Waals surface area contributed by atoms with Crippen molar-refractivity contribution in [1.29, 1.82) is 0 Å². The van der Waals surface area contributed by atoms with Crippen molar-refractivity contribution in [3.8, 4) is 0 Å². The molecule has 2 aromatic rings. The molecule has 1 aromatic carbocycles. The molecule has 1 fully saturated rings. The Labute approximate surface area is 166 Å². The van der Waals surface area contributed by atoms with E-state index >= 15 is 0 Å². The number of hydrogen-bond donors (Lipinski definition) is 1. The van der Waals surface area contributed by atoms with Gasteiger partial charge in [0, 0.05) is 39.7 Å². The largest absolute Gasteiger partial charge is 0.348 e. The van der Waals surface area contributed by atoms with Crippen LogP contribution in [-0.2, 0) is 16.0 Å². The lowest BCUT2D eigenvalue weighted by Gasteiger charge is -2.32. The standard InChI is InChI=1S/C21H29N5O2/c1-24(2)21(28)16-25-14-11-18(12-15-25)26-19(10-13-22-26)23-20(27)9-8-17-6-4-3-5-7-17/h3-7,10,13,18H,8-9,11-12,14-16H2,1-2H3,(H,23,27). The van der Waals surface area contributed by atoms with Gasteiger partial charge in [-0.15, -0.1) is 0 Å². The number of nitrogens with zero attached hydrogens (tertiary/aromatic N) is 4. The van der Waals surface area contributed by atoms with Crippen LogP contribution in [0.3, 0.4) is 0 Å². The fraction of sp³-hybridized carbons (Fsp3) is 0.476. The van der Waals surface area contributed by atoms with Crippen LogP contribution < -0.4 is 5.32 Å². The predicted octanol–water partition coefficient (Wildman–Crippen LogP) is 2.18. The van der Waals surface area contributed by atoms with Crippen LogP contribution in [0.5, 0.6) is 0 Å². The number of rotatable bonds is 7. The van der Waals surface area contributed by atoms with E-state index < -0.39 is 0 Å². The molecule has 7 nitrogen and oxygen atoms in total. The van der Waals surface area contributed by atoms with Gasteiger partial charge in [0.15, 0.2) is 0 Å². The summed E-state index contributed by atoms with van der Waals surface area (Å²) in [6.45, 7) is 2.17. The van der Waals surface area contributed by atoms with Crippen LogP contribution in [0.4, 0.5) is 5.82 Å². The maximum atomic E-state index is 12.4. The third-order valence-electron chi connectivity index (χ3n) is 5.18. The van der Waals surface area contributed by atoms with Crippen LogP contribution in [0.2, 0.25) is 0 Å². The highest BCUT2D eigenvalue weighted by Gasteiger charge is 2.24. The summed E-state index contributed by atoms with van der Waals surface area (Å²) in [4.78, 5) is 28.0. The number of likely N-dealkylation sites (N-methyl/N-ethyl adjacent to an activating group) is 1. The molecule has 7 heteroatoms. The Balaban J connectivity index is 1.50. The van der Waals surface area contributed by atoms with Crippen LogP contribution in [-0.4, -0.2) is 65.1 Å². The van der Waals surface area contributed by atoms with Gasteiger partial charge in [0.1, 0.15) is 5.82 Å². The summed E-state index contributed by atoms with van der Waals surface area (Å²) in [5, 5.41) is 7.44. The van der Waals surface area contributed by atoms with Crippen molar-refractivity contribution < 1.29 is 9.59 Å². The lowest BCUT2D eigenvalue weighted by atomic mass is 10.1. The molecular weight excluding hydrogens is 354 g/mol. The number of aryl methyl sites for hydroxylation is 1. The van der Waals surface area contributed by atoms with E-state index in [2.05, 4.69) is 15.3 Å². The van der Waals surface area contributed by atoms with Gasteiger partial charge >= 0.3 is 0 Å². The van der Waals surface area contributed by atoms with Gasteiger partial charge in [0.2, 0.25) is 11.8 Å². The van der Waals surface area contributed by atoms with Crippen LogP contribution in [0.15, 0.2) is 42.6 Å². The van der Waals surface area contributed by atoms with Crippen molar-refractivity contribution in [2.24, 2.45) is 0 Å². The van der Waals surface area contributed by atoms with Gasteiger partial charge in [-0.25, -0.2) is 4.68 Å². The van der Waals surface area contributed by atoms with Gasteiger partial charge < -0.3 is 10.2 Å². The second-order valence-corrected chi connectivity index (χ2v) is 7.49. The highest BCUT2D eigenvalue weighted by Crippen LogP contribution is 2.25. The molecule has 0 atom stereocenters. The van der Waals surface area contributed by atoms with Crippen molar-refractivity contribution in [2.45, 2.75) is 31.7 Å². The molecular formula is C21H29N5O2. The molecule has 0 aliphatic carbocycles. The Morgan fingerprint density at radius 3 is 2.54 bits per heavy atom. The number of benzene rings is 1. The first-order valence-corrected chi connectivity index (χ1v) is 9.82. The number of hydrogen-bond acceptors (Lipinski definition) is 4. The van der Waals surface area contributed by atoms with Crippen LogP contribution in [0, 0.1) is 0 Å². The van der Waals surface area contributed by atoms with E-state index in [4.69, 9.17) is 0 Å². The molecule has 1 aliphatic heterocycles. The van der Waals surface area contributed by atoms with Crippen LogP contribution >= 0.6 is 0 Å². The average Bonchev–Trinajstić information content (AvgIpc) is 3.15. The quantitative estimate of drug-likeness (QED) is 0.796. The molecule has 1 aliphatic rings. The summed E-state index contributed by atoms with van der Waals surface area (Å²) in [5.41, 5.74) is 1.16. The van der Waals surface area contributed by atoms with Crippen LogP contribution in [0.1, 0.15) is 30.9 Å². The minimum atomic E-state index is -0.000353. The summed E-state index contributed by atoms with van der Waals surface area (Å²) >= 11 is 0. The monoisotopic (exact) mass is 383 g/mol. The van der Waals surface area contributed by atoms with E-state index in [0.717, 1.165) is 43.7 Å². The van der Waals surface area contributed by atoms with Crippen LogP contribution in [0.25, 0.3) is 0 Å². The molecule has 28 heavy (non-hydrogen) atoms. The molecule has 0 spiro atoms. The number of amides is 2. The normalized spacial score (nSPS) is 15.4. The molecule has 1 saturated heterocycles. The number of aromatic nitrogens is 2. The number of piperidine rings is 1. The molecule has 1 N–H and O–H groups in total. The summed E-state index contributed by atoms with van der Waals surface area (Å²) < 4.78 is 1.92. The fourth-order valence-electron chi connectivity index (χ4n) is 3.47. The van der Waals surface area contributed by atoms with E-state index in [9.17, 15) is 9.59 Å². The SMILES string of the molecule is CN(C)C(=O)CN1CCC(n2nccc2NC(=O)CCc2ccccc2)CC1. The number of carbonyl (C=O) groups excluding carboxylic acids is 2. The second-order valence-electron chi connectivity index (χ2n) is 7.49. The first-order valence-electron chi connectivity index (χ1n) is 9.82. The van der Waals surface area contributed by atoms with Gasteiger partial charge in [0.05, 0.1) is 18.8 Å². The van der Waals surface area contributed by atoms with Gasteiger partial charge in [-0.05, 0) is 24.8 Å². The molecule has 2 amide bonds. The zero-order valence-corrected chi connectivity index (χ0v) is 16.7. The Hall–Kier alpha value is -2.67. The second kappa shape index (κ2) is 9.50. The Morgan fingerprint density at radius 1 is 1.14 bits per heavy atom. The van der Waals surface area contributed by atoms with Gasteiger partial charge in [-0.1, -0.05) is 30.3 Å². The van der Waals surface area contributed by atoms with Crippen molar-refractivity contribution in [2.75, 3.05) is 39.0 Å². The third-order valence-corrected chi connectivity index (χ3v) is 5.18. The van der Waals surface area contributed by atoms with E-state index in [1.165, 1.54) is 0 Å². The Bertz CT molecular complexity index is 779. The van der Waals surface area contributed by atoms with Crippen molar-refractivity contribution in [3.05, 3.63) is 48.2 Å². The lowest BCUT2D eigenvalue weighted by Crippen LogP contribution is -2.41. The first-order chi connectivity index (χ1) is 13.5. The smallest absolute Gasteiger partial charge is 0.236 e. The Kier molecular flexibility index (Phi) is 6.81. The van der Waals surface area contributed by atoms with Crippen molar-refractivity contribution in [1.82, 2.24) is 19.6 Å². The fourth-order valence-corrected chi connectivity index (χ4v) is 3.47. The van der Waals surface area contributed by atoms with E-state index in [0.29, 0.717) is 13.0 Å². The first kappa shape index (κ1) is 20.1. The molecule has 0 unspecified atom stereocenters. The number of likely N-dealkylation sites (tertiary alicyclic amines) is 1. The molecule has 150 valence electrons. The average molecular weight is 383 g/mol. The summed E-state index contributed by atoms with van der Waals surface area (Å²) in [5.74, 6) is 0.879. The number of carbonyl (C=O) groups is 2. The molecule has 0 radical (unpaired) electrons. The van der Waals surface area contributed by atoms with Gasteiger partial charge in [-0.2, -0.15) is 5.10 Å². The molecule has 3 rings (SSSR count). The maximum Gasteiger partial charge on any atom is 0.236 e. The molecule has 2 heterocycles. The number of anilines is 1.